The van der Waals surface area contributed by atoms with E-state index in [9.17, 15) is 23.2 Å². The third kappa shape index (κ3) is 4.44. The van der Waals surface area contributed by atoms with Gasteiger partial charge in [0.15, 0.2) is 11.5 Å². The number of ether oxygens (including phenoxy) is 2. The summed E-state index contributed by atoms with van der Waals surface area (Å²) in [5, 5.41) is 7.55. The Balaban J connectivity index is 1.41. The van der Waals surface area contributed by atoms with Crippen molar-refractivity contribution >= 4 is 28.4 Å². The standard InChI is InChI=1S/C28H25F2N5O5/c1-28(29,30)27(38)32-20-13-25(37)34(26(20)16-3-7-22-23(12-16)40-10-9-39-22)18-4-6-21-17(11-18)14-31-35(21)19-5-8-24(36)33(2)15-19/h3-8,11-12,14-15,20,26H,9-10,13H2,1-2H3,(H,32,38)/t20-,26?/m0/s1. The van der Waals surface area contributed by atoms with Gasteiger partial charge in [-0.1, -0.05) is 6.07 Å². The topological polar surface area (TPSA) is 108 Å². The number of rotatable bonds is 5. The highest BCUT2D eigenvalue weighted by molar-refractivity contribution is 6.00. The van der Waals surface area contributed by atoms with E-state index in [0.717, 1.165) is 5.52 Å². The molecule has 1 N–H and O–H groups in total. The number of halogens is 2. The largest absolute Gasteiger partial charge is 0.486 e. The van der Waals surface area contributed by atoms with Crippen molar-refractivity contribution in [3.8, 4) is 17.2 Å². The Morgan fingerprint density at radius 3 is 2.52 bits per heavy atom. The summed E-state index contributed by atoms with van der Waals surface area (Å²) in [5.74, 6) is -4.39. The highest BCUT2D eigenvalue weighted by Crippen LogP contribution is 2.42. The van der Waals surface area contributed by atoms with Crippen molar-refractivity contribution in [1.29, 1.82) is 0 Å². The van der Waals surface area contributed by atoms with Crippen LogP contribution in [-0.2, 0) is 16.6 Å². The number of fused-ring (bicyclic) bond motifs is 2. The van der Waals surface area contributed by atoms with Gasteiger partial charge in [0, 0.05) is 43.7 Å². The second-order valence-electron chi connectivity index (χ2n) is 9.92. The fraction of sp³-hybridized carbons (Fsp3) is 0.286. The minimum atomic E-state index is -3.61. The van der Waals surface area contributed by atoms with Crippen molar-refractivity contribution in [1.82, 2.24) is 19.7 Å². The molecule has 2 aliphatic heterocycles. The monoisotopic (exact) mass is 549 g/mol. The number of amides is 2. The summed E-state index contributed by atoms with van der Waals surface area (Å²) in [6.45, 7) is 1.27. The molecule has 40 heavy (non-hydrogen) atoms. The first-order valence-electron chi connectivity index (χ1n) is 12.7. The third-order valence-corrected chi connectivity index (χ3v) is 7.09. The van der Waals surface area contributed by atoms with Gasteiger partial charge in [-0.2, -0.15) is 13.9 Å². The van der Waals surface area contributed by atoms with E-state index in [2.05, 4.69) is 10.4 Å². The van der Waals surface area contributed by atoms with Crippen LogP contribution in [0.4, 0.5) is 14.5 Å². The Hall–Kier alpha value is -4.74. The number of carbonyl (C=O) groups excluding carboxylic acids is 2. The van der Waals surface area contributed by atoms with Crippen LogP contribution in [0.15, 0.2) is 65.7 Å². The van der Waals surface area contributed by atoms with E-state index in [0.29, 0.717) is 54.0 Å². The zero-order chi connectivity index (χ0) is 28.2. The van der Waals surface area contributed by atoms with E-state index >= 15 is 0 Å². The molecule has 0 radical (unpaired) electrons. The van der Waals surface area contributed by atoms with E-state index in [1.807, 2.05) is 0 Å². The molecular formula is C28H25F2N5O5. The molecule has 2 aromatic carbocycles. The predicted octanol–water partition coefficient (Wildman–Crippen LogP) is 3.11. The van der Waals surface area contributed by atoms with Crippen LogP contribution in [0, 0.1) is 0 Å². The fourth-order valence-corrected chi connectivity index (χ4v) is 5.17. The Bertz CT molecular complexity index is 1710. The van der Waals surface area contributed by atoms with Gasteiger partial charge < -0.3 is 24.3 Å². The summed E-state index contributed by atoms with van der Waals surface area (Å²) in [6.07, 6.45) is 3.14. The lowest BCUT2D eigenvalue weighted by molar-refractivity contribution is -0.143. The minimum absolute atomic E-state index is 0.150. The van der Waals surface area contributed by atoms with Crippen molar-refractivity contribution in [3.05, 3.63) is 76.8 Å². The smallest absolute Gasteiger partial charge is 0.321 e. The SMILES string of the molecule is Cn1cc(-n2ncc3cc(N4C(=O)C[C@H](NC(=O)C(C)(F)F)C4c4ccc5c(c4)OCCO5)ccc32)ccc1=O. The van der Waals surface area contributed by atoms with E-state index in [1.54, 1.807) is 66.6 Å². The number of anilines is 1. The maximum Gasteiger partial charge on any atom is 0.321 e. The van der Waals surface area contributed by atoms with Crippen molar-refractivity contribution < 1.29 is 27.8 Å². The molecule has 12 heteroatoms. The van der Waals surface area contributed by atoms with Crippen LogP contribution in [0.25, 0.3) is 16.6 Å². The predicted molar refractivity (Wildman–Crippen MR) is 141 cm³/mol. The highest BCUT2D eigenvalue weighted by Gasteiger charge is 2.45. The average Bonchev–Trinajstić information content (AvgIpc) is 3.49. The molecule has 1 unspecified atom stereocenters. The number of pyridine rings is 1. The lowest BCUT2D eigenvalue weighted by atomic mass is 9.98. The summed E-state index contributed by atoms with van der Waals surface area (Å²) in [4.78, 5) is 39.0. The zero-order valence-corrected chi connectivity index (χ0v) is 21.6. The number of aromatic nitrogens is 3. The lowest BCUT2D eigenvalue weighted by Crippen LogP contribution is -2.46. The molecule has 10 nitrogen and oxygen atoms in total. The summed E-state index contributed by atoms with van der Waals surface area (Å²) in [6, 6.07) is 11.9. The molecule has 2 atom stereocenters. The maximum absolute atomic E-state index is 13.8. The third-order valence-electron chi connectivity index (χ3n) is 7.09. The van der Waals surface area contributed by atoms with Crippen LogP contribution in [0.3, 0.4) is 0 Å². The van der Waals surface area contributed by atoms with Gasteiger partial charge in [0.05, 0.1) is 29.5 Å². The second-order valence-corrected chi connectivity index (χ2v) is 9.92. The second kappa shape index (κ2) is 9.47. The van der Waals surface area contributed by atoms with E-state index in [-0.39, 0.29) is 17.9 Å². The van der Waals surface area contributed by atoms with Crippen LogP contribution in [-0.4, -0.2) is 51.3 Å². The van der Waals surface area contributed by atoms with Crippen molar-refractivity contribution in [2.24, 2.45) is 7.05 Å². The van der Waals surface area contributed by atoms with Gasteiger partial charge in [-0.25, -0.2) is 4.68 Å². The Morgan fingerprint density at radius 1 is 1.02 bits per heavy atom. The average molecular weight is 550 g/mol. The molecule has 206 valence electrons. The van der Waals surface area contributed by atoms with Crippen LogP contribution < -0.4 is 25.2 Å². The van der Waals surface area contributed by atoms with Crippen LogP contribution in [0.5, 0.6) is 11.5 Å². The van der Waals surface area contributed by atoms with Gasteiger partial charge >= 0.3 is 5.92 Å². The summed E-state index contributed by atoms with van der Waals surface area (Å²) < 4.78 is 42.1. The first-order chi connectivity index (χ1) is 19.1. The maximum atomic E-state index is 13.8. The number of nitrogens with one attached hydrogen (secondary N) is 1. The van der Waals surface area contributed by atoms with Gasteiger partial charge in [0.2, 0.25) is 11.5 Å². The normalized spacial score (nSPS) is 18.8. The van der Waals surface area contributed by atoms with E-state index in [4.69, 9.17) is 9.47 Å². The van der Waals surface area contributed by atoms with Crippen molar-refractivity contribution in [2.75, 3.05) is 18.1 Å². The molecule has 4 heterocycles. The number of hydrogen-bond donors (Lipinski definition) is 1. The highest BCUT2D eigenvalue weighted by atomic mass is 19.3. The molecule has 6 rings (SSSR count). The Kier molecular flexibility index (Phi) is 6.05. The Morgan fingerprint density at radius 2 is 1.77 bits per heavy atom. The molecular weight excluding hydrogens is 524 g/mol. The summed E-state index contributed by atoms with van der Waals surface area (Å²) in [7, 11) is 1.65. The molecule has 0 aliphatic carbocycles. The van der Waals surface area contributed by atoms with Crippen molar-refractivity contribution in [3.63, 3.8) is 0 Å². The number of nitrogens with zero attached hydrogens (tertiary/aromatic N) is 4. The number of aryl methyl sites for hydroxylation is 1. The van der Waals surface area contributed by atoms with Gasteiger partial charge in [-0.05, 0) is 42.0 Å². The van der Waals surface area contributed by atoms with Gasteiger partial charge in [0.25, 0.3) is 5.91 Å². The number of hydrogen-bond acceptors (Lipinski definition) is 6. The van der Waals surface area contributed by atoms with Crippen LogP contribution in [0.2, 0.25) is 0 Å². The first kappa shape index (κ1) is 25.5. The van der Waals surface area contributed by atoms with E-state index in [1.165, 1.54) is 15.5 Å². The summed E-state index contributed by atoms with van der Waals surface area (Å²) in [5.41, 5.74) is 2.38. The fourth-order valence-electron chi connectivity index (χ4n) is 5.17. The lowest BCUT2D eigenvalue weighted by Gasteiger charge is -2.30. The van der Waals surface area contributed by atoms with Gasteiger partial charge in [0.1, 0.15) is 13.2 Å². The molecule has 2 aromatic heterocycles. The molecule has 2 aliphatic rings. The summed E-state index contributed by atoms with van der Waals surface area (Å²) >= 11 is 0. The number of benzene rings is 2. The van der Waals surface area contributed by atoms with Crippen LogP contribution in [0.1, 0.15) is 24.9 Å². The molecule has 4 aromatic rings. The zero-order valence-electron chi connectivity index (χ0n) is 21.6. The van der Waals surface area contributed by atoms with E-state index < -0.39 is 23.9 Å². The minimum Gasteiger partial charge on any atom is -0.486 e. The quantitative estimate of drug-likeness (QED) is 0.410. The first-order valence-corrected chi connectivity index (χ1v) is 12.7. The molecule has 2 amide bonds. The number of alkyl halides is 2. The van der Waals surface area contributed by atoms with Gasteiger partial charge in [-0.3, -0.25) is 14.4 Å². The molecule has 1 fully saturated rings. The Labute approximate surface area is 226 Å². The molecule has 1 saturated heterocycles. The number of carbonyl (C=O) groups is 2. The molecule has 0 saturated carbocycles. The molecule has 0 bridgehead atoms. The van der Waals surface area contributed by atoms with Gasteiger partial charge in [-0.15, -0.1) is 0 Å². The molecule has 0 spiro atoms. The van der Waals surface area contributed by atoms with Crippen LogP contribution >= 0.6 is 0 Å². The van der Waals surface area contributed by atoms with Crippen molar-refractivity contribution in [2.45, 2.75) is 31.4 Å².